The van der Waals surface area contributed by atoms with Gasteiger partial charge in [-0.05, 0) is 0 Å². The Morgan fingerprint density at radius 3 is 1.20 bits per heavy atom. The fourth-order valence-corrected chi connectivity index (χ4v) is 30.3. The molecule has 2 atom stereocenters. The summed E-state index contributed by atoms with van der Waals surface area (Å²) in [5.74, 6) is 0. The number of hydrogen-bond acceptors (Lipinski definition) is 0. The van der Waals surface area contributed by atoms with Crippen molar-refractivity contribution in [3.63, 3.8) is 0 Å². The van der Waals surface area contributed by atoms with Crippen LogP contribution in [0, 0.1) is 0 Å². The molecule has 0 heterocycles. The van der Waals surface area contributed by atoms with Crippen molar-refractivity contribution < 1.29 is 17.4 Å². The van der Waals surface area contributed by atoms with Gasteiger partial charge in [-0.15, -0.1) is 24.8 Å². The summed E-state index contributed by atoms with van der Waals surface area (Å²) in [6.45, 7) is 7.36. The van der Waals surface area contributed by atoms with Gasteiger partial charge in [0.2, 0.25) is 0 Å². The number of halogens is 2. The number of allylic oxidation sites excluding steroid dienone is 2. The summed E-state index contributed by atoms with van der Waals surface area (Å²) in [5, 5.41) is 5.32. The molecule has 46 heavy (non-hydrogen) atoms. The molecule has 0 aromatic heterocycles. The number of hydrogen-bond donors (Lipinski definition) is 0. The van der Waals surface area contributed by atoms with Crippen molar-refractivity contribution in [3.05, 3.63) is 178 Å². The maximum Gasteiger partial charge on any atom is -0.147 e. The average molecular weight is 735 g/mol. The zero-order valence-corrected chi connectivity index (χ0v) is 32.4. The third-order valence-corrected chi connectivity index (χ3v) is 28.6. The number of fused-ring (bicyclic) bond motifs is 4. The summed E-state index contributed by atoms with van der Waals surface area (Å²) < 4.78 is 6.43. The van der Waals surface area contributed by atoms with Crippen molar-refractivity contribution in [1.82, 2.24) is 0 Å². The molecule has 0 fully saturated rings. The molecule has 2 unspecified atom stereocenters. The molecule has 230 valence electrons. The molecule has 6 aromatic carbocycles. The van der Waals surface area contributed by atoms with Gasteiger partial charge in [0.05, 0.1) is 0 Å². The van der Waals surface area contributed by atoms with E-state index < -0.39 is 17.4 Å². The van der Waals surface area contributed by atoms with E-state index in [1.54, 1.807) is 22.3 Å². The van der Waals surface area contributed by atoms with Crippen molar-refractivity contribution >= 4 is 64.4 Å². The first-order valence-electron chi connectivity index (χ1n) is 15.9. The van der Waals surface area contributed by atoms with Crippen LogP contribution in [0.25, 0.3) is 32.7 Å². The third-order valence-electron chi connectivity index (χ3n) is 10.8. The zero-order chi connectivity index (χ0) is 30.2. The van der Waals surface area contributed by atoms with Crippen LogP contribution in [0.4, 0.5) is 0 Å². The number of benzene rings is 6. The molecule has 0 saturated heterocycles. The quantitative estimate of drug-likeness (QED) is 0.158. The van der Waals surface area contributed by atoms with Gasteiger partial charge in [-0.2, -0.15) is 0 Å². The van der Waals surface area contributed by atoms with Crippen LogP contribution in [0.15, 0.2) is 145 Å². The molecule has 0 spiro atoms. The molecule has 6 aromatic rings. The predicted octanol–water partition coefficient (Wildman–Crippen LogP) is 11.6. The molecule has 0 saturated carbocycles. The minimum absolute atomic E-state index is 0. The van der Waals surface area contributed by atoms with Crippen LogP contribution < -0.4 is 0 Å². The van der Waals surface area contributed by atoms with E-state index in [0.29, 0.717) is 7.25 Å². The zero-order valence-electron chi connectivity index (χ0n) is 26.9. The van der Waals surface area contributed by atoms with Gasteiger partial charge < -0.3 is 0 Å². The Kier molecular flexibility index (Phi) is 8.52. The number of rotatable bonds is 4. The minimum atomic E-state index is -3.77. The molecular formula is C42H40Cl2SiZr. The van der Waals surface area contributed by atoms with Crippen molar-refractivity contribution in [2.45, 2.75) is 30.4 Å². The van der Waals surface area contributed by atoms with Gasteiger partial charge in [0, 0.05) is 0 Å². The van der Waals surface area contributed by atoms with Crippen LogP contribution in [0.5, 0.6) is 0 Å². The third kappa shape index (κ3) is 4.79. The molecule has 0 radical (unpaired) electrons. The van der Waals surface area contributed by atoms with Gasteiger partial charge in [-0.1, -0.05) is 0 Å². The van der Waals surface area contributed by atoms with E-state index in [1.165, 1.54) is 54.9 Å². The molecule has 0 bridgehead atoms. The van der Waals surface area contributed by atoms with Gasteiger partial charge in [-0.25, -0.2) is 0 Å². The summed E-state index contributed by atoms with van der Waals surface area (Å²) in [6, 6.07) is 50.1. The van der Waals surface area contributed by atoms with Crippen LogP contribution in [0.3, 0.4) is 0 Å². The van der Waals surface area contributed by atoms with Gasteiger partial charge in [0.25, 0.3) is 0 Å². The predicted molar refractivity (Wildman–Crippen MR) is 204 cm³/mol. The Morgan fingerprint density at radius 2 is 0.761 bits per heavy atom. The maximum atomic E-state index is 2.76. The van der Waals surface area contributed by atoms with Gasteiger partial charge >= 0.3 is 265 Å². The first-order chi connectivity index (χ1) is 21.2. The molecule has 4 heteroatoms. The van der Waals surface area contributed by atoms with Crippen LogP contribution >= 0.6 is 24.8 Å². The van der Waals surface area contributed by atoms with E-state index in [2.05, 4.69) is 163 Å². The van der Waals surface area contributed by atoms with Crippen LogP contribution in [0.2, 0.25) is 9.26 Å². The van der Waals surface area contributed by atoms with Crippen molar-refractivity contribution in [1.29, 1.82) is 0 Å². The average Bonchev–Trinajstić information content (AvgIpc) is 3.51. The monoisotopic (exact) mass is 732 g/mol. The van der Waals surface area contributed by atoms with E-state index >= 15 is 0 Å². The molecule has 2 aliphatic carbocycles. The van der Waals surface area contributed by atoms with E-state index in [-0.39, 0.29) is 24.8 Å². The smallest absolute Gasteiger partial charge is 0.147 e. The Morgan fingerprint density at radius 1 is 0.435 bits per heavy atom. The normalized spacial score (nSPS) is 17.5. The van der Waals surface area contributed by atoms with Crippen molar-refractivity contribution in [2.24, 2.45) is 0 Å². The largest absolute Gasteiger partial charge is 0.147 e. The summed E-state index contributed by atoms with van der Waals surface area (Å²) in [7, 11) is 0. The van der Waals surface area contributed by atoms with Crippen molar-refractivity contribution in [3.8, 4) is 0 Å². The topological polar surface area (TPSA) is 0 Å². The first kappa shape index (κ1) is 32.9. The van der Waals surface area contributed by atoms with E-state index in [0.717, 1.165) is 0 Å². The van der Waals surface area contributed by atoms with Gasteiger partial charge in [0.15, 0.2) is 0 Å². The fraction of sp³-hybridized carbons (Fsp3) is 0.143. The van der Waals surface area contributed by atoms with Crippen LogP contribution in [-0.2, 0) is 17.4 Å². The van der Waals surface area contributed by atoms with Gasteiger partial charge in [0.1, 0.15) is 0 Å². The summed E-state index contributed by atoms with van der Waals surface area (Å²) >= 11 is -3.77. The van der Waals surface area contributed by atoms with Crippen LogP contribution in [-0.4, -0.2) is 6.88 Å². The molecule has 8 rings (SSSR count). The second-order valence-corrected chi connectivity index (χ2v) is 44.6. The summed E-state index contributed by atoms with van der Waals surface area (Å²) in [6.07, 6.45) is 0. The molecular weight excluding hydrogens is 695 g/mol. The standard InChI is InChI=1S/2C20H15.2CH3.2ClH.H2Si.Zr/c2*1-14-13-16-8-3-5-11-18(16)20(14)19-12-6-9-15-7-2-4-10-17(15)19;;;;;;/h2*2-13H,1H3;2*1H3;2*1H;1H2;. The second-order valence-electron chi connectivity index (χ2n) is 14.1. The summed E-state index contributed by atoms with van der Waals surface area (Å²) in [4.78, 5) is 0. The maximum absolute atomic E-state index is 3.77. The Balaban J connectivity index is 0.00000186. The minimum Gasteiger partial charge on any atom is -0.147 e. The summed E-state index contributed by atoms with van der Waals surface area (Å²) in [5.41, 5.74) is 14.8. The van der Waals surface area contributed by atoms with E-state index in [4.69, 9.17) is 0 Å². The molecule has 0 nitrogen and oxygen atoms in total. The van der Waals surface area contributed by atoms with E-state index in [1.807, 2.05) is 0 Å². The second kappa shape index (κ2) is 11.9. The van der Waals surface area contributed by atoms with Crippen molar-refractivity contribution in [2.75, 3.05) is 0 Å². The molecule has 0 aliphatic heterocycles. The molecule has 2 aliphatic rings. The van der Waals surface area contributed by atoms with Crippen LogP contribution in [0.1, 0.15) is 54.5 Å². The SMILES string of the molecule is CC1=C(c2cccc3ccccc23)c2ccccc2[CH]1[Zr]([CH3])([CH3])(=[SiH2])[CH]1C(C)=C(c2cccc3ccccc23)c2ccccc21.Cl.Cl. The first-order valence-corrected chi connectivity index (χ1v) is 29.6. The molecule has 0 amide bonds. The molecule has 0 N–H and O–H groups in total. The van der Waals surface area contributed by atoms with Gasteiger partial charge in [-0.3, -0.25) is 0 Å². The Bertz CT molecular complexity index is 2140. The Hall–Kier alpha value is -3.00. The Labute approximate surface area is 287 Å². The van der Waals surface area contributed by atoms with E-state index in [9.17, 15) is 0 Å². The fourth-order valence-electron chi connectivity index (χ4n) is 9.35.